The van der Waals surface area contributed by atoms with Gasteiger partial charge in [-0.1, -0.05) is 43.3 Å². The third-order valence-electron chi connectivity index (χ3n) is 4.87. The third kappa shape index (κ3) is 5.77. The van der Waals surface area contributed by atoms with Gasteiger partial charge in [0.2, 0.25) is 0 Å². The topological polar surface area (TPSA) is 148 Å². The summed E-state index contributed by atoms with van der Waals surface area (Å²) in [5, 5.41) is 37.6. The number of aromatic nitrogens is 1. The summed E-state index contributed by atoms with van der Waals surface area (Å²) in [5.74, 6) is -0.348. The number of thiophene rings is 1. The Bertz CT molecular complexity index is 1250. The first kappa shape index (κ1) is 24.0. The lowest BCUT2D eigenvalue weighted by molar-refractivity contribution is -0.126. The largest absolute Gasteiger partial charge is 0.506 e. The molecule has 1 atom stereocenters. The summed E-state index contributed by atoms with van der Waals surface area (Å²) >= 11 is 1.26. The van der Waals surface area contributed by atoms with Crippen LogP contribution in [0.2, 0.25) is 0 Å². The zero-order valence-electron chi connectivity index (χ0n) is 18.2. The van der Waals surface area contributed by atoms with Gasteiger partial charge in [0.05, 0.1) is 24.2 Å². The number of amides is 1. The number of hydrogen-bond donors (Lipinski definition) is 4. The summed E-state index contributed by atoms with van der Waals surface area (Å²) in [6.45, 7) is 3.62. The van der Waals surface area contributed by atoms with Gasteiger partial charge in [-0.2, -0.15) is 5.26 Å². The number of aliphatic hydroxyl groups is 1. The fourth-order valence-corrected chi connectivity index (χ4v) is 4.33. The number of nitrogens with zero attached hydrogens (tertiary/aromatic N) is 2. The molecule has 33 heavy (non-hydrogen) atoms. The predicted molar refractivity (Wildman–Crippen MR) is 126 cm³/mol. The molecule has 0 unspecified atom stereocenters. The fraction of sp³-hybridized carbons (Fsp3) is 0.304. The van der Waals surface area contributed by atoms with Crippen molar-refractivity contribution in [3.8, 4) is 22.9 Å². The minimum atomic E-state index is -0.622. The molecule has 0 aliphatic heterocycles. The van der Waals surface area contributed by atoms with E-state index in [1.165, 1.54) is 17.6 Å². The Morgan fingerprint density at radius 3 is 2.73 bits per heavy atom. The Hall–Kier alpha value is -3.68. The zero-order valence-corrected chi connectivity index (χ0v) is 19.0. The van der Waals surface area contributed by atoms with E-state index in [1.54, 1.807) is 23.6 Å². The van der Waals surface area contributed by atoms with Crippen molar-refractivity contribution < 1.29 is 19.8 Å². The van der Waals surface area contributed by atoms with Gasteiger partial charge in [-0.15, -0.1) is 11.3 Å². The van der Waals surface area contributed by atoms with Gasteiger partial charge in [0.15, 0.2) is 12.2 Å². The molecule has 0 saturated carbocycles. The number of aromatic amines is 1. The van der Waals surface area contributed by atoms with Gasteiger partial charge in [0.25, 0.3) is 11.5 Å². The number of aromatic hydroxyl groups is 1. The van der Waals surface area contributed by atoms with Crippen LogP contribution in [-0.2, 0) is 9.63 Å². The number of rotatable bonds is 9. The number of carbonyl (C=O) groups excluding carboxylic acids is 1. The van der Waals surface area contributed by atoms with E-state index in [9.17, 15) is 19.8 Å². The van der Waals surface area contributed by atoms with Gasteiger partial charge in [-0.25, -0.2) is 0 Å². The third-order valence-corrected chi connectivity index (χ3v) is 5.76. The molecule has 10 heteroatoms. The average Bonchev–Trinajstić information content (AvgIpc) is 3.20. The van der Waals surface area contributed by atoms with Crippen molar-refractivity contribution in [1.82, 2.24) is 10.3 Å². The van der Waals surface area contributed by atoms with Crippen molar-refractivity contribution in [2.45, 2.75) is 26.3 Å². The SMILES string of the molecule is CC(C)C[C@H](CO)NC(=O)CON=Cc1ccc(-c2csc3[nH]c(=O)c(C#N)c(O)c23)cc1. The van der Waals surface area contributed by atoms with Crippen molar-refractivity contribution in [3.05, 3.63) is 51.1 Å². The van der Waals surface area contributed by atoms with Crippen LogP contribution in [0.3, 0.4) is 0 Å². The maximum Gasteiger partial charge on any atom is 0.270 e. The quantitative estimate of drug-likeness (QED) is 0.280. The van der Waals surface area contributed by atoms with Gasteiger partial charge in [-0.05, 0) is 23.5 Å². The molecular formula is C23H24N4O5S. The van der Waals surface area contributed by atoms with Crippen LogP contribution in [0.4, 0.5) is 0 Å². The van der Waals surface area contributed by atoms with E-state index in [2.05, 4.69) is 15.5 Å². The molecule has 0 saturated heterocycles. The Morgan fingerprint density at radius 2 is 2.09 bits per heavy atom. The molecule has 172 valence electrons. The number of fused-ring (bicyclic) bond motifs is 1. The number of oxime groups is 1. The van der Waals surface area contributed by atoms with Gasteiger partial charge in [0, 0.05) is 10.9 Å². The number of nitrogens with one attached hydrogen (secondary N) is 2. The molecule has 0 aliphatic carbocycles. The Balaban J connectivity index is 1.64. The number of aliphatic hydroxyl groups excluding tert-OH is 1. The summed E-state index contributed by atoms with van der Waals surface area (Å²) in [4.78, 5) is 31.9. The highest BCUT2D eigenvalue weighted by atomic mass is 32.1. The summed E-state index contributed by atoms with van der Waals surface area (Å²) < 4.78 is 0. The second kappa shape index (κ2) is 10.8. The standard InChI is InChI=1S/C23H24N4O5S/c1-13(2)7-16(10-28)26-19(29)11-32-25-9-14-3-5-15(6-4-14)18-12-33-23-20(18)21(30)17(8-24)22(31)27-23/h3-6,9,12-13,16,28H,7,10-11H2,1-2H3,(H,26,29)(H2,27,30,31)/t16-/m1/s1. The van der Waals surface area contributed by atoms with Crippen LogP contribution in [0, 0.1) is 17.2 Å². The van der Waals surface area contributed by atoms with E-state index in [1.807, 2.05) is 26.0 Å². The lowest BCUT2D eigenvalue weighted by Crippen LogP contribution is -2.40. The highest BCUT2D eigenvalue weighted by Crippen LogP contribution is 2.38. The van der Waals surface area contributed by atoms with Crippen LogP contribution >= 0.6 is 11.3 Å². The monoisotopic (exact) mass is 468 g/mol. The number of pyridine rings is 1. The van der Waals surface area contributed by atoms with Crippen LogP contribution in [0.1, 0.15) is 31.4 Å². The van der Waals surface area contributed by atoms with Gasteiger partial charge in [0.1, 0.15) is 16.6 Å². The molecule has 0 aliphatic rings. The number of hydrogen-bond acceptors (Lipinski definition) is 8. The van der Waals surface area contributed by atoms with E-state index in [0.717, 1.165) is 11.1 Å². The summed E-state index contributed by atoms with van der Waals surface area (Å²) in [6, 6.07) is 8.60. The summed E-state index contributed by atoms with van der Waals surface area (Å²) in [5.41, 5.74) is 1.26. The Kier molecular flexibility index (Phi) is 7.82. The lowest BCUT2D eigenvalue weighted by Gasteiger charge is -2.17. The Labute approximate surface area is 193 Å². The smallest absolute Gasteiger partial charge is 0.270 e. The van der Waals surface area contributed by atoms with Gasteiger partial charge < -0.3 is 25.4 Å². The molecule has 1 amide bonds. The van der Waals surface area contributed by atoms with Crippen molar-refractivity contribution >= 4 is 33.7 Å². The number of benzene rings is 1. The van der Waals surface area contributed by atoms with E-state index >= 15 is 0 Å². The minimum Gasteiger partial charge on any atom is -0.506 e. The fourth-order valence-electron chi connectivity index (χ4n) is 3.36. The molecular weight excluding hydrogens is 444 g/mol. The van der Waals surface area contributed by atoms with Crippen LogP contribution in [0.5, 0.6) is 5.75 Å². The van der Waals surface area contributed by atoms with Gasteiger partial charge in [-0.3, -0.25) is 9.59 Å². The summed E-state index contributed by atoms with van der Waals surface area (Å²) in [6.07, 6.45) is 2.13. The molecule has 2 heterocycles. The van der Waals surface area contributed by atoms with Crippen LogP contribution in [0.25, 0.3) is 21.3 Å². The van der Waals surface area contributed by atoms with Crippen molar-refractivity contribution in [1.29, 1.82) is 5.26 Å². The molecule has 0 radical (unpaired) electrons. The van der Waals surface area contributed by atoms with E-state index < -0.39 is 5.56 Å². The summed E-state index contributed by atoms with van der Waals surface area (Å²) in [7, 11) is 0. The second-order valence-electron chi connectivity index (χ2n) is 7.85. The molecule has 3 rings (SSSR count). The first-order valence-corrected chi connectivity index (χ1v) is 11.1. The molecule has 0 spiro atoms. The number of carbonyl (C=O) groups is 1. The highest BCUT2D eigenvalue weighted by Gasteiger charge is 2.17. The molecule has 9 nitrogen and oxygen atoms in total. The second-order valence-corrected chi connectivity index (χ2v) is 8.73. The molecule has 1 aromatic carbocycles. The molecule has 4 N–H and O–H groups in total. The lowest BCUT2D eigenvalue weighted by atomic mass is 10.0. The van der Waals surface area contributed by atoms with Crippen molar-refractivity contribution in [2.75, 3.05) is 13.2 Å². The van der Waals surface area contributed by atoms with Crippen LogP contribution in [0.15, 0.2) is 39.6 Å². The van der Waals surface area contributed by atoms with Crippen LogP contribution < -0.4 is 10.9 Å². The maximum absolute atomic E-state index is 11.9. The minimum absolute atomic E-state index is 0.134. The number of H-pyrrole nitrogens is 1. The molecule has 0 bridgehead atoms. The van der Waals surface area contributed by atoms with E-state index in [-0.39, 0.29) is 36.5 Å². The predicted octanol–water partition coefficient (Wildman–Crippen LogP) is 2.71. The average molecular weight is 469 g/mol. The Morgan fingerprint density at radius 1 is 1.36 bits per heavy atom. The molecule has 2 aromatic heterocycles. The molecule has 0 fully saturated rings. The van der Waals surface area contributed by atoms with E-state index in [0.29, 0.717) is 28.1 Å². The zero-order chi connectivity index (χ0) is 24.0. The molecule has 3 aromatic rings. The maximum atomic E-state index is 11.9. The van der Waals surface area contributed by atoms with E-state index in [4.69, 9.17) is 10.1 Å². The normalized spacial score (nSPS) is 12.2. The highest BCUT2D eigenvalue weighted by molar-refractivity contribution is 7.17. The van der Waals surface area contributed by atoms with Crippen molar-refractivity contribution in [3.63, 3.8) is 0 Å². The first-order valence-electron chi connectivity index (χ1n) is 10.3. The van der Waals surface area contributed by atoms with Crippen LogP contribution in [-0.4, -0.2) is 46.6 Å². The number of nitriles is 1. The van der Waals surface area contributed by atoms with Crippen molar-refractivity contribution in [2.24, 2.45) is 11.1 Å². The first-order chi connectivity index (χ1) is 15.8. The van der Waals surface area contributed by atoms with Gasteiger partial charge >= 0.3 is 0 Å².